The van der Waals surface area contributed by atoms with Crippen molar-refractivity contribution in [1.29, 1.82) is 0 Å². The Kier molecular flexibility index (Phi) is 57.1. The zero-order valence-corrected chi connectivity index (χ0v) is 56.7. The van der Waals surface area contributed by atoms with Crippen molar-refractivity contribution >= 4 is 39.5 Å². The Morgan fingerprint density at radius 1 is 0.318 bits per heavy atom. The largest absolute Gasteiger partial charge is 0.472 e. The molecule has 17 nitrogen and oxygen atoms in total. The lowest BCUT2D eigenvalue weighted by Crippen LogP contribution is -2.30. The van der Waals surface area contributed by atoms with Crippen LogP contribution in [0, 0.1) is 11.8 Å². The second-order valence-corrected chi connectivity index (χ2v) is 27.7. The minimum absolute atomic E-state index is 0.106. The minimum atomic E-state index is -4.95. The molecule has 0 aliphatic carbocycles. The maximum absolute atomic E-state index is 13.0. The molecule has 0 aromatic carbocycles. The molecule has 5 atom stereocenters. The monoisotopic (exact) mass is 1250 g/mol. The van der Waals surface area contributed by atoms with Crippen LogP contribution in [0.25, 0.3) is 0 Å². The second-order valence-electron chi connectivity index (χ2n) is 24.8. The van der Waals surface area contributed by atoms with E-state index in [0.29, 0.717) is 25.7 Å². The lowest BCUT2D eigenvalue weighted by atomic mass is 10.0. The number of ether oxygens (including phenoxy) is 4. The summed E-state index contributed by atoms with van der Waals surface area (Å²) < 4.78 is 68.0. The van der Waals surface area contributed by atoms with Crippen LogP contribution in [0.1, 0.15) is 330 Å². The molecule has 2 unspecified atom stereocenters. The maximum atomic E-state index is 13.0. The van der Waals surface area contributed by atoms with Gasteiger partial charge in [-0.1, -0.05) is 279 Å². The van der Waals surface area contributed by atoms with E-state index in [4.69, 9.17) is 37.0 Å². The van der Waals surface area contributed by atoms with Crippen molar-refractivity contribution in [2.24, 2.45) is 11.8 Å². The molecular weight excluding hydrogens is 1130 g/mol. The van der Waals surface area contributed by atoms with Crippen LogP contribution in [0.4, 0.5) is 0 Å². The molecule has 0 saturated carbocycles. The first-order valence-electron chi connectivity index (χ1n) is 34.5. The average molecular weight is 1260 g/mol. The van der Waals surface area contributed by atoms with Crippen molar-refractivity contribution in [3.63, 3.8) is 0 Å². The standard InChI is InChI=1S/C66H128O17P2/c1-7-9-11-13-15-17-18-26-32-38-44-50-65(70)82-61(54-76-63(68)48-42-36-30-16-14-12-10-8-2)56-80-84(72,73)78-52-60(67)53-79-85(74,75)81-57-62(83-66(71)51-45-39-33-27-22-20-24-29-35-41-47-59(5)6)55-77-64(69)49-43-37-31-25-21-19-23-28-34-40-46-58(3)4/h58-62,67H,7-57H2,1-6H3,(H,72,73)(H,74,75)/t60-,61+,62+/m0/s1. The summed E-state index contributed by atoms with van der Waals surface area (Å²) in [5.74, 6) is -0.621. The summed E-state index contributed by atoms with van der Waals surface area (Å²) in [7, 11) is -9.89. The number of phosphoric acid groups is 2. The number of carbonyl (C=O) groups excluding carboxylic acids is 4. The molecule has 504 valence electrons. The molecule has 0 fully saturated rings. The lowest BCUT2D eigenvalue weighted by molar-refractivity contribution is -0.161. The van der Waals surface area contributed by atoms with Gasteiger partial charge < -0.3 is 33.8 Å². The van der Waals surface area contributed by atoms with Gasteiger partial charge in [-0.2, -0.15) is 0 Å². The molecule has 0 bridgehead atoms. The Labute approximate surface area is 517 Å². The van der Waals surface area contributed by atoms with Crippen LogP contribution in [0.5, 0.6) is 0 Å². The van der Waals surface area contributed by atoms with Crippen molar-refractivity contribution in [1.82, 2.24) is 0 Å². The normalized spacial score (nSPS) is 14.2. The molecule has 0 aromatic rings. The number of rotatable bonds is 65. The van der Waals surface area contributed by atoms with Crippen LogP contribution >= 0.6 is 15.6 Å². The van der Waals surface area contributed by atoms with E-state index >= 15 is 0 Å². The number of hydrogen-bond acceptors (Lipinski definition) is 15. The molecule has 19 heteroatoms. The van der Waals surface area contributed by atoms with Gasteiger partial charge in [-0.15, -0.1) is 0 Å². The van der Waals surface area contributed by atoms with Gasteiger partial charge in [0.15, 0.2) is 12.2 Å². The topological polar surface area (TPSA) is 237 Å². The average Bonchev–Trinajstić information content (AvgIpc) is 3.62. The SMILES string of the molecule is CCCCCCCCCCCCCC(=O)O[C@H](COC(=O)CCCCCCCCCC)COP(=O)(O)OC[C@H](O)COP(=O)(O)OC[C@@H](COC(=O)CCCCCCCCCCCCC(C)C)OC(=O)CCCCCCCCCCCCC(C)C. The summed E-state index contributed by atoms with van der Waals surface area (Å²) in [6.07, 6.45) is 41.6. The van der Waals surface area contributed by atoms with E-state index in [1.54, 1.807) is 0 Å². The van der Waals surface area contributed by atoms with Gasteiger partial charge >= 0.3 is 39.5 Å². The lowest BCUT2D eigenvalue weighted by Gasteiger charge is -2.21. The number of esters is 4. The first kappa shape index (κ1) is 83.1. The van der Waals surface area contributed by atoms with Crippen molar-refractivity contribution in [3.8, 4) is 0 Å². The predicted molar refractivity (Wildman–Crippen MR) is 340 cm³/mol. The van der Waals surface area contributed by atoms with Gasteiger partial charge in [-0.3, -0.25) is 37.3 Å². The number of aliphatic hydroxyl groups excluding tert-OH is 1. The highest BCUT2D eigenvalue weighted by Gasteiger charge is 2.30. The fourth-order valence-electron chi connectivity index (χ4n) is 9.88. The molecule has 0 aromatic heterocycles. The van der Waals surface area contributed by atoms with Crippen LogP contribution in [0.2, 0.25) is 0 Å². The Hall–Kier alpha value is -1.94. The Balaban J connectivity index is 5.23. The highest BCUT2D eigenvalue weighted by Crippen LogP contribution is 2.45. The van der Waals surface area contributed by atoms with Crippen molar-refractivity contribution in [2.75, 3.05) is 39.6 Å². The van der Waals surface area contributed by atoms with E-state index in [-0.39, 0.29) is 25.7 Å². The van der Waals surface area contributed by atoms with Gasteiger partial charge in [-0.25, -0.2) is 9.13 Å². The Bertz CT molecular complexity index is 1670. The van der Waals surface area contributed by atoms with E-state index in [0.717, 1.165) is 108 Å². The summed E-state index contributed by atoms with van der Waals surface area (Å²) in [6, 6.07) is 0. The first-order valence-corrected chi connectivity index (χ1v) is 37.5. The maximum Gasteiger partial charge on any atom is 0.472 e. The second kappa shape index (κ2) is 58.4. The molecule has 85 heavy (non-hydrogen) atoms. The number of carbonyl (C=O) groups is 4. The molecule has 0 aliphatic rings. The highest BCUT2D eigenvalue weighted by atomic mass is 31.2. The summed E-state index contributed by atoms with van der Waals surface area (Å²) in [4.78, 5) is 72.3. The molecular formula is C66H128O17P2. The van der Waals surface area contributed by atoms with Crippen LogP contribution in [0.3, 0.4) is 0 Å². The van der Waals surface area contributed by atoms with E-state index in [9.17, 15) is 43.2 Å². The smallest absolute Gasteiger partial charge is 0.462 e. The molecule has 0 heterocycles. The van der Waals surface area contributed by atoms with Crippen LogP contribution in [-0.2, 0) is 65.4 Å². The molecule has 0 radical (unpaired) electrons. The molecule has 0 saturated heterocycles. The zero-order chi connectivity index (χ0) is 62.9. The third-order valence-corrected chi connectivity index (χ3v) is 17.1. The van der Waals surface area contributed by atoms with Gasteiger partial charge in [0.2, 0.25) is 0 Å². The molecule has 3 N–H and O–H groups in total. The van der Waals surface area contributed by atoms with Gasteiger partial charge in [0.05, 0.1) is 26.4 Å². The Morgan fingerprint density at radius 2 is 0.541 bits per heavy atom. The van der Waals surface area contributed by atoms with Crippen molar-refractivity contribution in [2.45, 2.75) is 349 Å². The Morgan fingerprint density at radius 3 is 0.800 bits per heavy atom. The molecule has 0 amide bonds. The number of unbranched alkanes of at least 4 members (excludes halogenated alkanes) is 35. The number of aliphatic hydroxyl groups is 1. The van der Waals surface area contributed by atoms with Gasteiger partial charge in [0.25, 0.3) is 0 Å². The highest BCUT2D eigenvalue weighted by molar-refractivity contribution is 7.47. The van der Waals surface area contributed by atoms with Gasteiger partial charge in [0, 0.05) is 25.7 Å². The minimum Gasteiger partial charge on any atom is -0.462 e. The van der Waals surface area contributed by atoms with Crippen molar-refractivity contribution in [3.05, 3.63) is 0 Å². The third-order valence-electron chi connectivity index (χ3n) is 15.2. The quantitative estimate of drug-likeness (QED) is 0.0222. The van der Waals surface area contributed by atoms with E-state index in [2.05, 4.69) is 41.5 Å². The number of hydrogen-bond donors (Lipinski definition) is 3. The summed E-state index contributed by atoms with van der Waals surface area (Å²) in [6.45, 7) is 9.47. The first-order chi connectivity index (χ1) is 40.9. The predicted octanol–water partition coefficient (Wildman–Crippen LogP) is 18.4. The molecule has 0 rings (SSSR count). The fourth-order valence-corrected chi connectivity index (χ4v) is 11.5. The summed E-state index contributed by atoms with van der Waals surface area (Å²) in [5, 5.41) is 10.5. The molecule has 0 spiro atoms. The van der Waals surface area contributed by atoms with Gasteiger partial charge in [-0.05, 0) is 37.5 Å². The fraction of sp³-hybridized carbons (Fsp3) is 0.939. The summed E-state index contributed by atoms with van der Waals surface area (Å²) in [5.41, 5.74) is 0. The van der Waals surface area contributed by atoms with Crippen LogP contribution < -0.4 is 0 Å². The number of phosphoric ester groups is 2. The van der Waals surface area contributed by atoms with Crippen LogP contribution in [0.15, 0.2) is 0 Å². The van der Waals surface area contributed by atoms with Crippen molar-refractivity contribution < 1.29 is 80.2 Å². The van der Waals surface area contributed by atoms with E-state index < -0.39 is 97.5 Å². The van der Waals surface area contributed by atoms with E-state index in [1.807, 2.05) is 0 Å². The summed E-state index contributed by atoms with van der Waals surface area (Å²) >= 11 is 0. The van der Waals surface area contributed by atoms with Crippen LogP contribution in [-0.4, -0.2) is 96.7 Å². The van der Waals surface area contributed by atoms with Gasteiger partial charge in [0.1, 0.15) is 19.3 Å². The zero-order valence-electron chi connectivity index (χ0n) is 54.9. The molecule has 0 aliphatic heterocycles. The third kappa shape index (κ3) is 60.7. The van der Waals surface area contributed by atoms with E-state index in [1.165, 1.54) is 141 Å².